The molecule has 0 amide bonds. The fraction of sp³-hybridized carbons (Fsp3) is 0. The largest absolute Gasteiger partial charge is 0.434 e. The van der Waals surface area contributed by atoms with E-state index in [9.17, 15) is 4.39 Å². The second kappa shape index (κ2) is 6.32. The summed E-state index contributed by atoms with van der Waals surface area (Å²) in [5.74, 6) is -1.06. The van der Waals surface area contributed by atoms with Crippen molar-refractivity contribution in [2.45, 2.75) is 0 Å². The molecule has 1 heterocycles. The van der Waals surface area contributed by atoms with E-state index in [0.717, 1.165) is 0 Å². The summed E-state index contributed by atoms with van der Waals surface area (Å²) in [7, 11) is 0. The number of benzene rings is 3. The van der Waals surface area contributed by atoms with Crippen LogP contribution in [0.5, 0.6) is 0 Å². The van der Waals surface area contributed by atoms with Crippen LogP contribution in [0, 0.1) is 5.82 Å². The molecule has 0 spiro atoms. The topological polar surface area (TPSA) is 26.0 Å². The Morgan fingerprint density at radius 1 is 0.760 bits per heavy atom. The van der Waals surface area contributed by atoms with Crippen molar-refractivity contribution in [1.29, 1.82) is 0 Å². The summed E-state index contributed by atoms with van der Waals surface area (Å²) in [6.07, 6.45) is 0. The molecular formula is C21H13F2NO. The molecule has 0 atom stereocenters. The van der Waals surface area contributed by atoms with Crippen LogP contribution in [-0.2, 0) is 0 Å². The lowest BCUT2D eigenvalue weighted by Crippen LogP contribution is -1.92. The minimum atomic E-state index is -0.589. The molecule has 3 aromatic carbocycles. The van der Waals surface area contributed by atoms with Crippen molar-refractivity contribution in [3.8, 4) is 0 Å². The summed E-state index contributed by atoms with van der Waals surface area (Å²) in [4.78, 5) is 4.23. The van der Waals surface area contributed by atoms with Gasteiger partial charge in [-0.3, -0.25) is 0 Å². The van der Waals surface area contributed by atoms with Gasteiger partial charge in [0.1, 0.15) is 11.3 Å². The van der Waals surface area contributed by atoms with Crippen LogP contribution in [-0.4, -0.2) is 4.98 Å². The van der Waals surface area contributed by atoms with Crippen molar-refractivity contribution in [2.24, 2.45) is 0 Å². The average molecular weight is 333 g/mol. The van der Waals surface area contributed by atoms with Gasteiger partial charge in [0.25, 0.3) is 5.89 Å². The molecule has 0 radical (unpaired) electrons. The highest BCUT2D eigenvalue weighted by Crippen LogP contribution is 2.34. The number of para-hydroxylation sites is 2. The molecule has 25 heavy (non-hydrogen) atoms. The zero-order valence-corrected chi connectivity index (χ0v) is 13.1. The Kier molecular flexibility index (Phi) is 3.86. The molecule has 0 N–H and O–H groups in total. The third-order valence-corrected chi connectivity index (χ3v) is 3.90. The Morgan fingerprint density at radius 2 is 1.40 bits per heavy atom. The number of halogens is 2. The van der Waals surface area contributed by atoms with E-state index in [1.807, 2.05) is 24.3 Å². The van der Waals surface area contributed by atoms with Gasteiger partial charge in [0, 0.05) is 5.57 Å². The molecule has 0 unspecified atom stereocenters. The minimum absolute atomic E-state index is 0.0932. The van der Waals surface area contributed by atoms with Crippen LogP contribution >= 0.6 is 0 Å². The molecule has 0 bridgehead atoms. The molecule has 4 rings (SSSR count). The smallest absolute Gasteiger partial charge is 0.257 e. The summed E-state index contributed by atoms with van der Waals surface area (Å²) < 4.78 is 34.2. The number of aromatic nitrogens is 1. The molecule has 0 fully saturated rings. The first kappa shape index (κ1) is 15.3. The van der Waals surface area contributed by atoms with Crippen LogP contribution in [0.1, 0.15) is 17.0 Å². The molecule has 4 aromatic rings. The highest BCUT2D eigenvalue weighted by molar-refractivity contribution is 5.95. The Balaban J connectivity index is 1.94. The van der Waals surface area contributed by atoms with E-state index in [2.05, 4.69) is 4.98 Å². The lowest BCUT2D eigenvalue weighted by Gasteiger charge is -2.09. The van der Waals surface area contributed by atoms with Crippen molar-refractivity contribution >= 4 is 22.5 Å². The molecule has 1 aromatic heterocycles. The first-order valence-corrected chi connectivity index (χ1v) is 7.79. The third kappa shape index (κ3) is 2.94. The van der Waals surface area contributed by atoms with Gasteiger partial charge in [0.15, 0.2) is 11.4 Å². The molecule has 0 aliphatic heterocycles. The van der Waals surface area contributed by atoms with Gasteiger partial charge < -0.3 is 4.42 Å². The maximum Gasteiger partial charge on any atom is 0.257 e. The van der Waals surface area contributed by atoms with Crippen molar-refractivity contribution in [1.82, 2.24) is 4.98 Å². The summed E-state index contributed by atoms with van der Waals surface area (Å²) in [5.41, 5.74) is 2.62. The van der Waals surface area contributed by atoms with Gasteiger partial charge in [-0.1, -0.05) is 54.6 Å². The average Bonchev–Trinajstić information content (AvgIpc) is 3.09. The standard InChI is InChI=1S/C21H13F2NO/c22-16-12-10-15(11-13-16)19(14-6-2-1-3-7-14)20(23)21-24-17-8-4-5-9-18(17)25-21/h1-13H/b20-19-. The van der Waals surface area contributed by atoms with Crippen LogP contribution in [0.15, 0.2) is 83.3 Å². The number of hydrogen-bond donors (Lipinski definition) is 0. The molecule has 0 aliphatic rings. The highest BCUT2D eigenvalue weighted by atomic mass is 19.1. The van der Waals surface area contributed by atoms with Crippen molar-refractivity contribution in [3.05, 3.63) is 102 Å². The van der Waals surface area contributed by atoms with Crippen molar-refractivity contribution in [3.63, 3.8) is 0 Å². The zero-order chi connectivity index (χ0) is 17.2. The molecule has 4 heteroatoms. The van der Waals surface area contributed by atoms with Gasteiger partial charge in [0.05, 0.1) is 0 Å². The van der Waals surface area contributed by atoms with E-state index in [0.29, 0.717) is 27.8 Å². The Morgan fingerprint density at radius 3 is 2.12 bits per heavy atom. The normalized spacial score (nSPS) is 12.2. The molecule has 0 aliphatic carbocycles. The van der Waals surface area contributed by atoms with Gasteiger partial charge in [-0.25, -0.2) is 13.8 Å². The van der Waals surface area contributed by atoms with E-state index in [1.54, 1.807) is 42.5 Å². The number of rotatable bonds is 3. The van der Waals surface area contributed by atoms with Gasteiger partial charge in [-0.05, 0) is 35.4 Å². The van der Waals surface area contributed by atoms with Gasteiger partial charge in [-0.15, -0.1) is 0 Å². The minimum Gasteiger partial charge on any atom is -0.434 e. The van der Waals surface area contributed by atoms with Crippen LogP contribution < -0.4 is 0 Å². The van der Waals surface area contributed by atoms with E-state index in [-0.39, 0.29) is 11.7 Å². The fourth-order valence-corrected chi connectivity index (χ4v) is 2.71. The van der Waals surface area contributed by atoms with Crippen LogP contribution in [0.4, 0.5) is 8.78 Å². The van der Waals surface area contributed by atoms with Gasteiger partial charge in [-0.2, -0.15) is 0 Å². The van der Waals surface area contributed by atoms with Crippen LogP contribution in [0.25, 0.3) is 22.5 Å². The number of oxazole rings is 1. The van der Waals surface area contributed by atoms with E-state index in [4.69, 9.17) is 4.42 Å². The lowest BCUT2D eigenvalue weighted by molar-refractivity contribution is 0.555. The number of nitrogens with zero attached hydrogens (tertiary/aromatic N) is 1. The third-order valence-electron chi connectivity index (χ3n) is 3.90. The van der Waals surface area contributed by atoms with Crippen LogP contribution in [0.3, 0.4) is 0 Å². The lowest BCUT2D eigenvalue weighted by atomic mass is 9.97. The van der Waals surface area contributed by atoms with E-state index < -0.39 is 5.83 Å². The molecule has 2 nitrogen and oxygen atoms in total. The summed E-state index contributed by atoms with van der Waals surface area (Å²) in [6.45, 7) is 0. The Bertz CT molecular complexity index is 1020. The maximum atomic E-state index is 15.3. The maximum absolute atomic E-state index is 15.3. The molecular weight excluding hydrogens is 320 g/mol. The van der Waals surface area contributed by atoms with Gasteiger partial charge in [0.2, 0.25) is 0 Å². The van der Waals surface area contributed by atoms with Gasteiger partial charge >= 0.3 is 0 Å². The second-order valence-electron chi connectivity index (χ2n) is 5.55. The molecule has 0 saturated carbocycles. The zero-order valence-electron chi connectivity index (χ0n) is 13.1. The van der Waals surface area contributed by atoms with Crippen molar-refractivity contribution < 1.29 is 13.2 Å². The predicted molar refractivity (Wildman–Crippen MR) is 93.9 cm³/mol. The molecule has 122 valence electrons. The predicted octanol–water partition coefficient (Wildman–Crippen LogP) is 5.85. The number of fused-ring (bicyclic) bond motifs is 1. The second-order valence-corrected chi connectivity index (χ2v) is 5.55. The summed E-state index contributed by atoms with van der Waals surface area (Å²) in [6, 6.07) is 21.9. The highest BCUT2D eigenvalue weighted by Gasteiger charge is 2.18. The first-order chi connectivity index (χ1) is 12.2. The summed E-state index contributed by atoms with van der Waals surface area (Å²) in [5, 5.41) is 0. The Hall–Kier alpha value is -3.27. The first-order valence-electron chi connectivity index (χ1n) is 7.79. The van der Waals surface area contributed by atoms with Crippen molar-refractivity contribution in [2.75, 3.05) is 0 Å². The Labute approximate surface area is 143 Å². The van der Waals surface area contributed by atoms with E-state index in [1.165, 1.54) is 12.1 Å². The van der Waals surface area contributed by atoms with Crippen LogP contribution in [0.2, 0.25) is 0 Å². The quantitative estimate of drug-likeness (QED) is 0.470. The SMILES string of the molecule is F/C(=C(/c1ccccc1)c1ccc(F)cc1)c1nc2ccccc2o1. The summed E-state index contributed by atoms with van der Waals surface area (Å²) >= 11 is 0. The van der Waals surface area contributed by atoms with E-state index >= 15 is 4.39 Å². The fourth-order valence-electron chi connectivity index (χ4n) is 2.71. The molecule has 0 saturated heterocycles. The monoisotopic (exact) mass is 333 g/mol. The number of hydrogen-bond acceptors (Lipinski definition) is 2.